The van der Waals surface area contributed by atoms with Crippen LogP contribution in [0.3, 0.4) is 0 Å². The van der Waals surface area contributed by atoms with E-state index >= 15 is 0 Å². The minimum absolute atomic E-state index is 0.167. The van der Waals surface area contributed by atoms with Crippen molar-refractivity contribution in [2.45, 2.75) is 71.1 Å². The van der Waals surface area contributed by atoms with E-state index in [4.69, 9.17) is 0 Å². The average molecular weight is 753 g/mol. The summed E-state index contributed by atoms with van der Waals surface area (Å²) in [6.45, 7) is 16.4. The number of unbranched alkanes of at least 4 members (excludes halogenated alkanes) is 2. The second-order valence-electron chi connectivity index (χ2n) is 14.7. The van der Waals surface area contributed by atoms with E-state index in [1.54, 1.807) is 0 Å². The quantitative estimate of drug-likeness (QED) is 0.0515. The number of hydrogen-bond acceptors (Lipinski definition) is 5. The van der Waals surface area contributed by atoms with Crippen molar-refractivity contribution < 1.29 is 26.3 Å². The maximum absolute atomic E-state index is 11.4. The molecule has 0 saturated heterocycles. The van der Waals surface area contributed by atoms with Crippen molar-refractivity contribution in [3.05, 3.63) is 132 Å². The third-order valence-corrected chi connectivity index (χ3v) is 11.8. The maximum Gasteiger partial charge on any atom is 0.264 e. The molecule has 3 aromatic carbocycles. The van der Waals surface area contributed by atoms with E-state index < -0.39 is 21.2 Å². The lowest BCUT2D eigenvalue weighted by atomic mass is 9.77. The lowest BCUT2D eigenvalue weighted by Gasteiger charge is -2.27. The molecule has 9 heteroatoms. The number of anilines is 1. The summed E-state index contributed by atoms with van der Waals surface area (Å²) in [5, 5.41) is 2.44. The van der Waals surface area contributed by atoms with Gasteiger partial charge in [-0.25, -0.2) is 0 Å². The standard InChI is InChI=1S/C44H52N2O5S2/c1-7-20-35-33(8-2)25-27-37-41(35)43(3,4)39(46(37)30-17-19-32-53(49,50)51)23-12-10-9-11-13-24-40-44(5,6)42-36-22-15-14-21-34(36)26-28-38(42)45(40)29-16-18-31-52(47)48/h7-15,20-28H,2,16-19,29-32H2,1,3-6H3,(H-,47,48,49,50,51)/b20-7-. The van der Waals surface area contributed by atoms with E-state index in [1.807, 2.05) is 43.4 Å². The molecule has 0 saturated carbocycles. The largest absolute Gasteiger partial charge is 0.772 e. The number of rotatable bonds is 16. The Morgan fingerprint density at radius 1 is 0.887 bits per heavy atom. The minimum Gasteiger partial charge on any atom is -0.772 e. The second-order valence-corrected chi connectivity index (χ2v) is 17.3. The van der Waals surface area contributed by atoms with Crippen molar-refractivity contribution in [3.63, 3.8) is 0 Å². The van der Waals surface area contributed by atoms with Crippen LogP contribution < -0.4 is 4.90 Å². The fourth-order valence-electron chi connectivity index (χ4n) is 7.97. The lowest BCUT2D eigenvalue weighted by Crippen LogP contribution is -2.28. The molecule has 2 aliphatic heterocycles. The Labute approximate surface area is 318 Å². The molecule has 0 fully saturated rings. The molecule has 53 heavy (non-hydrogen) atoms. The van der Waals surface area contributed by atoms with Crippen LogP contribution in [0.5, 0.6) is 0 Å². The van der Waals surface area contributed by atoms with Gasteiger partial charge in [-0.3, -0.25) is 8.76 Å². The Kier molecular flexibility index (Phi) is 12.8. The van der Waals surface area contributed by atoms with Gasteiger partial charge in [0.25, 0.3) is 10.1 Å². The zero-order valence-corrected chi connectivity index (χ0v) is 33.2. The van der Waals surface area contributed by atoms with Crippen LogP contribution >= 0.6 is 0 Å². The Hall–Kier alpha value is -4.15. The summed E-state index contributed by atoms with van der Waals surface area (Å²) in [7, 11) is -4.01. The molecule has 0 amide bonds. The Morgan fingerprint density at radius 3 is 2.34 bits per heavy atom. The molecule has 2 aliphatic rings. The summed E-state index contributed by atoms with van der Waals surface area (Å²) in [5.74, 6) is -0.0893. The number of benzene rings is 3. The third kappa shape index (κ3) is 8.81. The highest BCUT2D eigenvalue weighted by Gasteiger charge is 2.46. The molecule has 1 N–H and O–H groups in total. The van der Waals surface area contributed by atoms with Crippen LogP contribution in [0.25, 0.3) is 22.9 Å². The van der Waals surface area contributed by atoms with Crippen molar-refractivity contribution in [1.82, 2.24) is 0 Å². The van der Waals surface area contributed by atoms with Gasteiger partial charge in [0.2, 0.25) is 5.69 Å². The first kappa shape index (κ1) is 40.0. The van der Waals surface area contributed by atoms with Crippen molar-refractivity contribution in [3.8, 4) is 0 Å². The number of nitrogens with zero attached hydrogens (tertiary/aromatic N) is 2. The Bertz CT molecular complexity index is 2190. The molecule has 3 aromatic rings. The first-order valence-electron chi connectivity index (χ1n) is 18.3. The topological polar surface area (TPSA) is 101 Å². The van der Waals surface area contributed by atoms with Gasteiger partial charge in [0, 0.05) is 53.2 Å². The molecule has 1 atom stereocenters. The molecule has 280 valence electrons. The van der Waals surface area contributed by atoms with E-state index in [0.29, 0.717) is 25.8 Å². The summed E-state index contributed by atoms with van der Waals surface area (Å²) in [6, 6.07) is 17.0. The van der Waals surface area contributed by atoms with Crippen LogP contribution in [-0.2, 0) is 32.0 Å². The van der Waals surface area contributed by atoms with E-state index in [-0.39, 0.29) is 22.3 Å². The smallest absolute Gasteiger partial charge is 0.264 e. The van der Waals surface area contributed by atoms with Crippen LogP contribution in [0.1, 0.15) is 82.6 Å². The van der Waals surface area contributed by atoms with Gasteiger partial charge in [-0.2, -0.15) is 13.0 Å². The zero-order valence-electron chi connectivity index (χ0n) is 31.5. The number of fused-ring (bicyclic) bond motifs is 4. The molecule has 0 aliphatic carbocycles. The predicted molar refractivity (Wildman–Crippen MR) is 223 cm³/mol. The van der Waals surface area contributed by atoms with Gasteiger partial charge < -0.3 is 9.45 Å². The normalized spacial score (nSPS) is 18.1. The van der Waals surface area contributed by atoms with Gasteiger partial charge in [0.15, 0.2) is 5.71 Å². The van der Waals surface area contributed by atoms with Gasteiger partial charge >= 0.3 is 0 Å². The summed E-state index contributed by atoms with van der Waals surface area (Å²) in [5.41, 5.74) is 8.64. The highest BCUT2D eigenvalue weighted by molar-refractivity contribution is 7.85. The fraction of sp³-hybridized carbons (Fsp3) is 0.341. The molecule has 5 rings (SSSR count). The van der Waals surface area contributed by atoms with E-state index in [0.717, 1.165) is 35.5 Å². The van der Waals surface area contributed by atoms with Crippen LogP contribution in [0.15, 0.2) is 109 Å². The maximum atomic E-state index is 11.4. The minimum atomic E-state index is -4.01. The molecule has 0 spiro atoms. The van der Waals surface area contributed by atoms with Gasteiger partial charge in [-0.05, 0) is 85.7 Å². The Balaban J connectivity index is 1.42. The average Bonchev–Trinajstić information content (AvgIpc) is 3.46. The van der Waals surface area contributed by atoms with Crippen molar-refractivity contribution >= 4 is 61.2 Å². The van der Waals surface area contributed by atoms with Crippen LogP contribution in [0.2, 0.25) is 0 Å². The zero-order chi connectivity index (χ0) is 38.4. The summed E-state index contributed by atoms with van der Waals surface area (Å²) in [6.07, 6.45) is 22.9. The van der Waals surface area contributed by atoms with Crippen LogP contribution in [-0.4, -0.2) is 56.6 Å². The summed E-state index contributed by atoms with van der Waals surface area (Å²) < 4.78 is 56.7. The highest BCUT2D eigenvalue weighted by Crippen LogP contribution is 2.51. The molecular formula is C44H52N2O5S2. The van der Waals surface area contributed by atoms with Gasteiger partial charge in [0.05, 0.1) is 11.2 Å². The molecule has 0 bridgehead atoms. The number of hydrogen-bond donors (Lipinski definition) is 1. The van der Waals surface area contributed by atoms with Crippen molar-refractivity contribution in [1.29, 1.82) is 0 Å². The lowest BCUT2D eigenvalue weighted by molar-refractivity contribution is -0.438. The van der Waals surface area contributed by atoms with Crippen LogP contribution in [0.4, 0.5) is 11.4 Å². The molecular weight excluding hydrogens is 701 g/mol. The van der Waals surface area contributed by atoms with E-state index in [9.17, 15) is 21.7 Å². The third-order valence-electron chi connectivity index (χ3n) is 10.3. The monoisotopic (exact) mass is 752 g/mol. The first-order valence-corrected chi connectivity index (χ1v) is 21.2. The van der Waals surface area contributed by atoms with E-state index in [2.05, 4.69) is 117 Å². The Morgan fingerprint density at radius 2 is 1.62 bits per heavy atom. The SMILES string of the molecule is C=Cc1ccc2c(c1/C=C\C)C(C)(C)C(/C=C/C=C/C=C/C=C1\N(CCCCS(=O)[O-])c3ccc4ccccc4c3C1(C)C)=[N+]2CCCCS(=O)(=O)O. The number of allylic oxidation sites excluding steroid dienone is 9. The highest BCUT2D eigenvalue weighted by atomic mass is 32.2. The fourth-order valence-corrected chi connectivity index (χ4v) is 8.98. The summed E-state index contributed by atoms with van der Waals surface area (Å²) in [4.78, 5) is 2.35. The van der Waals surface area contributed by atoms with E-state index in [1.165, 1.54) is 33.3 Å². The molecule has 0 radical (unpaired) electrons. The van der Waals surface area contributed by atoms with Crippen LogP contribution in [0, 0.1) is 0 Å². The first-order chi connectivity index (χ1) is 25.2. The predicted octanol–water partition coefficient (Wildman–Crippen LogP) is 9.57. The van der Waals surface area contributed by atoms with Gasteiger partial charge in [0.1, 0.15) is 6.54 Å². The molecule has 0 aromatic heterocycles. The molecule has 2 heterocycles. The second kappa shape index (κ2) is 16.9. The van der Waals surface area contributed by atoms with Crippen molar-refractivity contribution in [2.24, 2.45) is 0 Å². The summed E-state index contributed by atoms with van der Waals surface area (Å²) >= 11 is -2.04. The molecule has 7 nitrogen and oxygen atoms in total. The van der Waals surface area contributed by atoms with Crippen molar-refractivity contribution in [2.75, 3.05) is 29.5 Å². The van der Waals surface area contributed by atoms with Gasteiger partial charge in [-0.15, -0.1) is 0 Å². The van der Waals surface area contributed by atoms with Gasteiger partial charge in [-0.1, -0.05) is 110 Å². The molecule has 1 unspecified atom stereocenters.